The number of carbonyl (C=O) groups is 1. The van der Waals surface area contributed by atoms with Crippen molar-refractivity contribution in [3.05, 3.63) is 0 Å². The second kappa shape index (κ2) is 4.25. The first-order valence-corrected chi connectivity index (χ1v) is 6.95. The van der Waals surface area contributed by atoms with Gasteiger partial charge < -0.3 is 15.5 Å². The number of rotatable bonds is 1. The number of fused-ring (bicyclic) bond motifs is 2. The van der Waals surface area contributed by atoms with Crippen molar-refractivity contribution in [2.24, 2.45) is 5.73 Å². The summed E-state index contributed by atoms with van der Waals surface area (Å²) in [6, 6.07) is 1.62. The summed E-state index contributed by atoms with van der Waals surface area (Å²) in [5, 5.41) is 0. The zero-order valence-corrected chi connectivity index (χ0v) is 10.6. The quantitative estimate of drug-likeness (QED) is 0.725. The molecule has 3 saturated heterocycles. The Morgan fingerprint density at radius 3 is 2.29 bits per heavy atom. The van der Waals surface area contributed by atoms with Gasteiger partial charge in [-0.3, -0.25) is 4.79 Å². The van der Waals surface area contributed by atoms with Crippen molar-refractivity contribution in [3.63, 3.8) is 0 Å². The Balaban J connectivity index is 1.72. The summed E-state index contributed by atoms with van der Waals surface area (Å²) in [5.74, 6) is 0.192. The van der Waals surface area contributed by atoms with Crippen LogP contribution in [0.25, 0.3) is 0 Å². The third-order valence-electron chi connectivity index (χ3n) is 5.04. The van der Waals surface area contributed by atoms with Crippen molar-refractivity contribution in [2.75, 3.05) is 13.6 Å². The summed E-state index contributed by atoms with van der Waals surface area (Å²) in [7, 11) is 2.25. The van der Waals surface area contributed by atoms with E-state index in [0.29, 0.717) is 18.1 Å². The average Bonchev–Trinajstić information content (AvgIpc) is 2.60. The molecule has 0 aromatic carbocycles. The molecule has 0 saturated carbocycles. The predicted molar refractivity (Wildman–Crippen MR) is 66.5 cm³/mol. The van der Waals surface area contributed by atoms with Crippen LogP contribution in [0.3, 0.4) is 0 Å². The molecule has 3 aliphatic heterocycles. The summed E-state index contributed by atoms with van der Waals surface area (Å²) in [5.41, 5.74) is 5.82. The molecule has 1 amide bonds. The largest absolute Gasteiger partial charge is 0.338 e. The molecule has 4 nitrogen and oxygen atoms in total. The average molecular weight is 237 g/mol. The zero-order valence-electron chi connectivity index (χ0n) is 10.6. The summed E-state index contributed by atoms with van der Waals surface area (Å²) >= 11 is 0. The van der Waals surface area contributed by atoms with Gasteiger partial charge in [-0.1, -0.05) is 6.42 Å². The van der Waals surface area contributed by atoms with Crippen LogP contribution in [0.15, 0.2) is 0 Å². The zero-order chi connectivity index (χ0) is 12.0. The van der Waals surface area contributed by atoms with E-state index in [0.717, 1.165) is 25.8 Å². The molecule has 3 fully saturated rings. The van der Waals surface area contributed by atoms with Crippen LogP contribution in [0.4, 0.5) is 0 Å². The fourth-order valence-corrected chi connectivity index (χ4v) is 3.93. The molecule has 4 heteroatoms. The highest BCUT2D eigenvalue weighted by molar-refractivity contribution is 5.84. The number of nitrogens with two attached hydrogens (primary N) is 1. The lowest BCUT2D eigenvalue weighted by Gasteiger charge is -2.49. The first-order chi connectivity index (χ1) is 8.16. The second-order valence-electron chi connectivity index (χ2n) is 5.96. The van der Waals surface area contributed by atoms with Crippen molar-refractivity contribution in [1.29, 1.82) is 0 Å². The maximum Gasteiger partial charge on any atom is 0.239 e. The molecule has 3 heterocycles. The van der Waals surface area contributed by atoms with Crippen molar-refractivity contribution in [2.45, 2.75) is 62.7 Å². The third kappa shape index (κ3) is 1.87. The van der Waals surface area contributed by atoms with E-state index in [9.17, 15) is 4.79 Å². The normalized spacial score (nSPS) is 43.2. The minimum absolute atomic E-state index is 0.192. The van der Waals surface area contributed by atoms with Crippen molar-refractivity contribution in [3.8, 4) is 0 Å². The van der Waals surface area contributed by atoms with Crippen LogP contribution in [0.5, 0.6) is 0 Å². The molecule has 0 aliphatic carbocycles. The van der Waals surface area contributed by atoms with Crippen molar-refractivity contribution < 1.29 is 4.79 Å². The van der Waals surface area contributed by atoms with E-state index in [1.807, 2.05) is 0 Å². The van der Waals surface area contributed by atoms with Gasteiger partial charge in [-0.2, -0.15) is 0 Å². The topological polar surface area (TPSA) is 49.6 Å². The first kappa shape index (κ1) is 11.5. The van der Waals surface area contributed by atoms with E-state index in [2.05, 4.69) is 16.8 Å². The molecule has 0 aromatic rings. The van der Waals surface area contributed by atoms with Crippen LogP contribution in [0, 0.1) is 0 Å². The maximum absolute atomic E-state index is 12.0. The molecule has 2 N–H and O–H groups in total. The summed E-state index contributed by atoms with van der Waals surface area (Å²) in [6.45, 7) is 0.883. The van der Waals surface area contributed by atoms with E-state index >= 15 is 0 Å². The maximum atomic E-state index is 12.0. The van der Waals surface area contributed by atoms with Crippen LogP contribution >= 0.6 is 0 Å². The number of hydrogen-bond donors (Lipinski definition) is 1. The van der Waals surface area contributed by atoms with Gasteiger partial charge in [0.05, 0.1) is 6.04 Å². The summed E-state index contributed by atoms with van der Waals surface area (Å²) in [4.78, 5) is 16.6. The van der Waals surface area contributed by atoms with E-state index < -0.39 is 0 Å². The monoisotopic (exact) mass is 237 g/mol. The Morgan fingerprint density at radius 2 is 1.76 bits per heavy atom. The highest BCUT2D eigenvalue weighted by Crippen LogP contribution is 2.35. The number of likely N-dealkylation sites (tertiary alicyclic amines) is 1. The molecule has 3 atom stereocenters. The Bertz CT molecular complexity index is 306. The molecule has 3 aliphatic rings. The third-order valence-corrected chi connectivity index (χ3v) is 5.04. The molecule has 17 heavy (non-hydrogen) atoms. The smallest absolute Gasteiger partial charge is 0.239 e. The number of carbonyl (C=O) groups excluding carboxylic acids is 1. The molecule has 3 rings (SSSR count). The molecule has 96 valence electrons. The van der Waals surface area contributed by atoms with E-state index in [4.69, 9.17) is 5.73 Å². The van der Waals surface area contributed by atoms with Crippen LogP contribution < -0.4 is 5.73 Å². The summed E-state index contributed by atoms with van der Waals surface area (Å²) < 4.78 is 0. The Hall–Kier alpha value is -0.610. The van der Waals surface area contributed by atoms with E-state index in [1.165, 1.54) is 19.3 Å². The fourth-order valence-electron chi connectivity index (χ4n) is 3.93. The Kier molecular flexibility index (Phi) is 2.87. The van der Waals surface area contributed by atoms with Crippen LogP contribution in [0.2, 0.25) is 0 Å². The molecular formula is C13H23N3O. The second-order valence-corrected chi connectivity index (χ2v) is 5.96. The van der Waals surface area contributed by atoms with Crippen LogP contribution in [-0.4, -0.2) is 53.5 Å². The standard InChI is InChI=1S/C13H23N3O/c1-15-9-3-2-4-10(15)8-11(7-9)16-6-5-12(14)13(16)17/h9-12H,2-8,14H2,1H3. The SMILES string of the molecule is CN1C2CCCC1CC(N1CCC(N)C1=O)C2. The van der Waals surface area contributed by atoms with Gasteiger partial charge in [0.15, 0.2) is 0 Å². The molecule has 0 aromatic heterocycles. The number of hydrogen-bond acceptors (Lipinski definition) is 3. The number of amides is 1. The van der Waals surface area contributed by atoms with Gasteiger partial charge in [0.1, 0.15) is 0 Å². The van der Waals surface area contributed by atoms with Gasteiger partial charge in [-0.05, 0) is 39.2 Å². The molecule has 0 spiro atoms. The van der Waals surface area contributed by atoms with E-state index in [-0.39, 0.29) is 11.9 Å². The van der Waals surface area contributed by atoms with Gasteiger partial charge in [0.25, 0.3) is 0 Å². The molecule has 3 unspecified atom stereocenters. The van der Waals surface area contributed by atoms with Gasteiger partial charge in [-0.15, -0.1) is 0 Å². The van der Waals surface area contributed by atoms with Gasteiger partial charge >= 0.3 is 0 Å². The van der Waals surface area contributed by atoms with Gasteiger partial charge in [0.2, 0.25) is 5.91 Å². The van der Waals surface area contributed by atoms with Crippen LogP contribution in [-0.2, 0) is 4.79 Å². The summed E-state index contributed by atoms with van der Waals surface area (Å²) in [6.07, 6.45) is 7.13. The Labute approximate surface area is 103 Å². The highest BCUT2D eigenvalue weighted by atomic mass is 16.2. The van der Waals surface area contributed by atoms with E-state index in [1.54, 1.807) is 0 Å². The molecule has 2 bridgehead atoms. The lowest BCUT2D eigenvalue weighted by Crippen LogP contribution is -2.56. The highest BCUT2D eigenvalue weighted by Gasteiger charge is 2.41. The lowest BCUT2D eigenvalue weighted by molar-refractivity contribution is -0.132. The molecular weight excluding hydrogens is 214 g/mol. The van der Waals surface area contributed by atoms with Gasteiger partial charge in [0, 0.05) is 24.7 Å². The molecule has 0 radical (unpaired) electrons. The van der Waals surface area contributed by atoms with Gasteiger partial charge in [-0.25, -0.2) is 0 Å². The number of nitrogens with zero attached hydrogens (tertiary/aromatic N) is 2. The fraction of sp³-hybridized carbons (Fsp3) is 0.923. The number of piperidine rings is 2. The lowest BCUT2D eigenvalue weighted by atomic mass is 9.82. The minimum atomic E-state index is -0.227. The van der Waals surface area contributed by atoms with Crippen LogP contribution in [0.1, 0.15) is 38.5 Å². The first-order valence-electron chi connectivity index (χ1n) is 6.95. The van der Waals surface area contributed by atoms with Crippen molar-refractivity contribution in [1.82, 2.24) is 9.80 Å². The Morgan fingerprint density at radius 1 is 1.12 bits per heavy atom. The minimum Gasteiger partial charge on any atom is -0.338 e. The van der Waals surface area contributed by atoms with Crippen molar-refractivity contribution >= 4 is 5.91 Å². The predicted octanol–water partition coefficient (Wildman–Crippen LogP) is 0.561.